The highest BCUT2D eigenvalue weighted by Crippen LogP contribution is 2.38. The topological polar surface area (TPSA) is 34.1 Å². The van der Waals surface area contributed by atoms with E-state index in [0.717, 1.165) is 23.3 Å². The first-order chi connectivity index (χ1) is 9.29. The minimum atomic E-state index is -1.21. The zero-order valence-electron chi connectivity index (χ0n) is 12.8. The fourth-order valence-electron chi connectivity index (χ4n) is 2.82. The van der Waals surface area contributed by atoms with Gasteiger partial charge in [0.15, 0.2) is 0 Å². The number of carbonyl (C=O) groups is 1. The standard InChI is InChI=1S/C17H24O2S/c1-12-5-8-14(9-6-12)20(19)16-11-13(17(2,3)4)7-10-15(16)18/h5-6,8-9,13,16H,7,10-11H2,1-4H3/t13-,16-,20?/m1/s1. The molecule has 0 aromatic heterocycles. The van der Waals surface area contributed by atoms with Crippen molar-refractivity contribution in [1.82, 2.24) is 0 Å². The highest BCUT2D eigenvalue weighted by Gasteiger charge is 2.38. The zero-order chi connectivity index (χ0) is 14.9. The fraction of sp³-hybridized carbons (Fsp3) is 0.588. The van der Waals surface area contributed by atoms with Crippen LogP contribution in [0.1, 0.15) is 45.6 Å². The van der Waals surface area contributed by atoms with Crippen molar-refractivity contribution in [1.29, 1.82) is 0 Å². The van der Waals surface area contributed by atoms with Crippen LogP contribution in [0.3, 0.4) is 0 Å². The van der Waals surface area contributed by atoms with Crippen LogP contribution < -0.4 is 0 Å². The van der Waals surface area contributed by atoms with Gasteiger partial charge in [-0.15, -0.1) is 0 Å². The van der Waals surface area contributed by atoms with E-state index >= 15 is 0 Å². The van der Waals surface area contributed by atoms with Crippen LogP contribution in [0, 0.1) is 18.3 Å². The van der Waals surface area contributed by atoms with E-state index < -0.39 is 10.8 Å². The number of aryl methyl sites for hydroxylation is 1. The molecule has 1 aliphatic rings. The highest BCUT2D eigenvalue weighted by atomic mass is 32.2. The van der Waals surface area contributed by atoms with Gasteiger partial charge in [0, 0.05) is 11.3 Å². The van der Waals surface area contributed by atoms with Gasteiger partial charge in [0.05, 0.1) is 16.0 Å². The van der Waals surface area contributed by atoms with Crippen molar-refractivity contribution in [3.05, 3.63) is 29.8 Å². The minimum absolute atomic E-state index is 0.171. The van der Waals surface area contributed by atoms with E-state index in [2.05, 4.69) is 20.8 Å². The van der Waals surface area contributed by atoms with Crippen molar-refractivity contribution < 1.29 is 9.00 Å². The minimum Gasteiger partial charge on any atom is -0.298 e. The van der Waals surface area contributed by atoms with Gasteiger partial charge in [-0.3, -0.25) is 9.00 Å². The smallest absolute Gasteiger partial charge is 0.148 e. The summed E-state index contributed by atoms with van der Waals surface area (Å²) in [6.07, 6.45) is 2.26. The maximum Gasteiger partial charge on any atom is 0.148 e. The molecule has 1 aliphatic carbocycles. The summed E-state index contributed by atoms with van der Waals surface area (Å²) in [6.45, 7) is 8.63. The summed E-state index contributed by atoms with van der Waals surface area (Å²) in [5.74, 6) is 0.643. The molecular formula is C17H24O2S. The molecule has 2 nitrogen and oxygen atoms in total. The van der Waals surface area contributed by atoms with Crippen LogP contribution in [0.25, 0.3) is 0 Å². The second-order valence-corrected chi connectivity index (χ2v) is 8.54. The van der Waals surface area contributed by atoms with Crippen LogP contribution >= 0.6 is 0 Å². The van der Waals surface area contributed by atoms with E-state index in [1.165, 1.54) is 0 Å². The van der Waals surface area contributed by atoms with Gasteiger partial charge in [-0.05, 0) is 43.2 Å². The Bertz CT molecular complexity index is 511. The summed E-state index contributed by atoms with van der Waals surface area (Å²) in [5.41, 5.74) is 1.32. The molecule has 0 bridgehead atoms. The van der Waals surface area contributed by atoms with E-state index in [-0.39, 0.29) is 16.4 Å². The molecule has 0 N–H and O–H groups in total. The number of hydrogen-bond acceptors (Lipinski definition) is 2. The molecule has 1 aromatic carbocycles. The number of rotatable bonds is 2. The highest BCUT2D eigenvalue weighted by molar-refractivity contribution is 7.86. The van der Waals surface area contributed by atoms with Gasteiger partial charge >= 0.3 is 0 Å². The van der Waals surface area contributed by atoms with E-state index in [9.17, 15) is 9.00 Å². The lowest BCUT2D eigenvalue weighted by Crippen LogP contribution is -2.37. The molecule has 1 unspecified atom stereocenters. The predicted octanol–water partition coefficient (Wildman–Crippen LogP) is 3.89. The third-order valence-corrected chi connectivity index (χ3v) is 6.04. The van der Waals surface area contributed by atoms with Crippen molar-refractivity contribution in [3.8, 4) is 0 Å². The molecule has 0 radical (unpaired) electrons. The van der Waals surface area contributed by atoms with Gasteiger partial charge in [-0.1, -0.05) is 38.5 Å². The first-order valence-electron chi connectivity index (χ1n) is 7.29. The van der Waals surface area contributed by atoms with Crippen molar-refractivity contribution in [2.45, 2.75) is 57.1 Å². The van der Waals surface area contributed by atoms with Crippen molar-refractivity contribution in [2.75, 3.05) is 0 Å². The number of carbonyl (C=O) groups excluding carboxylic acids is 1. The Morgan fingerprint density at radius 3 is 2.30 bits per heavy atom. The lowest BCUT2D eigenvalue weighted by atomic mass is 9.72. The molecule has 0 saturated heterocycles. The van der Waals surface area contributed by atoms with Crippen LogP contribution in [-0.4, -0.2) is 15.2 Å². The Hall–Kier alpha value is -0.960. The molecule has 0 amide bonds. The number of ketones is 1. The number of benzene rings is 1. The van der Waals surface area contributed by atoms with E-state index in [1.807, 2.05) is 31.2 Å². The Morgan fingerprint density at radius 1 is 1.15 bits per heavy atom. The van der Waals surface area contributed by atoms with E-state index in [4.69, 9.17) is 0 Å². The first-order valence-corrected chi connectivity index (χ1v) is 8.50. The lowest BCUT2D eigenvalue weighted by molar-refractivity contribution is -0.121. The molecule has 0 spiro atoms. The van der Waals surface area contributed by atoms with Gasteiger partial charge in [-0.25, -0.2) is 0 Å². The molecular weight excluding hydrogens is 268 g/mol. The largest absolute Gasteiger partial charge is 0.298 e. The molecule has 1 saturated carbocycles. The quantitative estimate of drug-likeness (QED) is 0.829. The van der Waals surface area contributed by atoms with E-state index in [1.54, 1.807) is 0 Å². The summed E-state index contributed by atoms with van der Waals surface area (Å²) in [5, 5.41) is -0.323. The van der Waals surface area contributed by atoms with Crippen LogP contribution in [0.2, 0.25) is 0 Å². The van der Waals surface area contributed by atoms with Crippen LogP contribution in [0.4, 0.5) is 0 Å². The molecule has 0 heterocycles. The second kappa shape index (κ2) is 5.80. The Morgan fingerprint density at radius 2 is 1.75 bits per heavy atom. The summed E-state index contributed by atoms with van der Waals surface area (Å²) in [4.78, 5) is 12.9. The molecule has 110 valence electrons. The summed E-state index contributed by atoms with van der Waals surface area (Å²) in [6, 6.07) is 7.70. The third-order valence-electron chi connectivity index (χ3n) is 4.33. The van der Waals surface area contributed by atoms with Gasteiger partial charge in [-0.2, -0.15) is 0 Å². The normalized spacial score (nSPS) is 25.5. The van der Waals surface area contributed by atoms with Crippen LogP contribution in [0.5, 0.6) is 0 Å². The Balaban J connectivity index is 2.19. The van der Waals surface area contributed by atoms with Crippen LogP contribution in [0.15, 0.2) is 29.2 Å². The SMILES string of the molecule is Cc1ccc(S(=O)[C@@H]2C[C@H](C(C)(C)C)CCC2=O)cc1. The third kappa shape index (κ3) is 3.38. The molecule has 1 fully saturated rings. The maximum absolute atomic E-state index is 12.7. The van der Waals surface area contributed by atoms with Gasteiger partial charge < -0.3 is 0 Å². The molecule has 1 aromatic rings. The lowest BCUT2D eigenvalue weighted by Gasteiger charge is -2.36. The monoisotopic (exact) mass is 292 g/mol. The molecule has 3 heteroatoms. The van der Waals surface area contributed by atoms with Crippen molar-refractivity contribution in [2.24, 2.45) is 11.3 Å². The van der Waals surface area contributed by atoms with Crippen LogP contribution in [-0.2, 0) is 15.6 Å². The molecule has 2 rings (SSSR count). The first kappa shape index (κ1) is 15.4. The zero-order valence-corrected chi connectivity index (χ0v) is 13.6. The predicted molar refractivity (Wildman–Crippen MR) is 83.2 cm³/mol. The number of Topliss-reactive ketones (excluding diaryl/α,β-unsaturated/α-hetero) is 1. The summed E-state index contributed by atoms with van der Waals surface area (Å²) >= 11 is 0. The van der Waals surface area contributed by atoms with Crippen molar-refractivity contribution in [3.63, 3.8) is 0 Å². The Labute approximate surface area is 124 Å². The maximum atomic E-state index is 12.7. The van der Waals surface area contributed by atoms with Gasteiger partial charge in [0.2, 0.25) is 0 Å². The van der Waals surface area contributed by atoms with Crippen molar-refractivity contribution >= 4 is 16.6 Å². The second-order valence-electron chi connectivity index (χ2n) is 6.90. The molecule has 0 aliphatic heterocycles. The van der Waals surface area contributed by atoms with Gasteiger partial charge in [0.1, 0.15) is 5.78 Å². The number of hydrogen-bond donors (Lipinski definition) is 0. The van der Waals surface area contributed by atoms with Gasteiger partial charge in [0.25, 0.3) is 0 Å². The average Bonchev–Trinajstić information content (AvgIpc) is 2.38. The molecule has 20 heavy (non-hydrogen) atoms. The average molecular weight is 292 g/mol. The summed E-state index contributed by atoms with van der Waals surface area (Å²) < 4.78 is 12.7. The molecule has 3 atom stereocenters. The Kier molecular flexibility index (Phi) is 4.48. The summed E-state index contributed by atoms with van der Waals surface area (Å²) in [7, 11) is -1.21. The van der Waals surface area contributed by atoms with E-state index in [0.29, 0.717) is 12.3 Å². The fourth-order valence-corrected chi connectivity index (χ4v) is 4.31.